The smallest absolute Gasteiger partial charge is 0.315 e. The number of ether oxygens (including phenoxy) is 1. The van der Waals surface area contributed by atoms with Crippen molar-refractivity contribution in [1.82, 2.24) is 10.6 Å². The zero-order valence-electron chi connectivity index (χ0n) is 8.39. The van der Waals surface area contributed by atoms with E-state index in [9.17, 15) is 18.4 Å². The third-order valence-corrected chi connectivity index (χ3v) is 1.48. The second-order valence-electron chi connectivity index (χ2n) is 2.68. The summed E-state index contributed by atoms with van der Waals surface area (Å²) in [5.41, 5.74) is 0. The lowest BCUT2D eigenvalue weighted by Gasteiger charge is -2.05. The molecule has 0 aromatic heterocycles. The molecule has 0 unspecified atom stereocenters. The molecule has 0 rings (SSSR count). The normalized spacial score (nSPS) is 10.1. The molecule has 15 heavy (non-hydrogen) atoms. The van der Waals surface area contributed by atoms with Gasteiger partial charge in [-0.15, -0.1) is 0 Å². The van der Waals surface area contributed by atoms with Crippen molar-refractivity contribution in [2.24, 2.45) is 0 Å². The van der Waals surface area contributed by atoms with Gasteiger partial charge < -0.3 is 15.4 Å². The maximum absolute atomic E-state index is 11.7. The Morgan fingerprint density at radius 2 is 1.93 bits per heavy atom. The van der Waals surface area contributed by atoms with Gasteiger partial charge in [0, 0.05) is 26.6 Å². The Labute approximate surface area is 86.2 Å². The maximum Gasteiger partial charge on any atom is 0.315 e. The number of alkyl halides is 2. The molecule has 2 amide bonds. The molecule has 0 fully saturated rings. The van der Waals surface area contributed by atoms with Gasteiger partial charge in [0.1, 0.15) is 0 Å². The summed E-state index contributed by atoms with van der Waals surface area (Å²) in [6, 6.07) is 0. The molecule has 0 atom stereocenters. The highest BCUT2D eigenvalue weighted by molar-refractivity contribution is 5.80. The Morgan fingerprint density at radius 3 is 2.47 bits per heavy atom. The monoisotopic (exact) mass is 224 g/mol. The van der Waals surface area contributed by atoms with Gasteiger partial charge in [-0.25, -0.2) is 0 Å². The van der Waals surface area contributed by atoms with Crippen molar-refractivity contribution in [3.63, 3.8) is 0 Å². The van der Waals surface area contributed by atoms with Crippen LogP contribution in [-0.2, 0) is 14.3 Å². The van der Waals surface area contributed by atoms with E-state index in [1.807, 2.05) is 5.32 Å². The van der Waals surface area contributed by atoms with Gasteiger partial charge >= 0.3 is 6.43 Å². The van der Waals surface area contributed by atoms with Crippen LogP contribution in [0.4, 0.5) is 8.78 Å². The van der Waals surface area contributed by atoms with Crippen LogP contribution in [0.3, 0.4) is 0 Å². The van der Waals surface area contributed by atoms with E-state index in [2.05, 4.69) is 10.1 Å². The number of carbonyl (C=O) groups is 2. The van der Waals surface area contributed by atoms with Crippen molar-refractivity contribution >= 4 is 11.8 Å². The number of amides is 2. The first-order chi connectivity index (χ1) is 7.07. The summed E-state index contributed by atoms with van der Waals surface area (Å²) in [6.45, 7) is 0.648. The van der Waals surface area contributed by atoms with Gasteiger partial charge in [0.25, 0.3) is 5.91 Å². The van der Waals surface area contributed by atoms with Crippen molar-refractivity contribution in [1.29, 1.82) is 0 Å². The highest BCUT2D eigenvalue weighted by atomic mass is 19.3. The molecule has 0 spiro atoms. The molecule has 2 N–H and O–H groups in total. The van der Waals surface area contributed by atoms with Crippen LogP contribution in [-0.4, -0.2) is 45.0 Å². The molecular formula is C8H14F2N2O3. The van der Waals surface area contributed by atoms with E-state index in [0.717, 1.165) is 0 Å². The van der Waals surface area contributed by atoms with Crippen molar-refractivity contribution in [2.75, 3.05) is 26.8 Å². The van der Waals surface area contributed by atoms with Crippen LogP contribution in [0, 0.1) is 0 Å². The third kappa shape index (κ3) is 7.80. The summed E-state index contributed by atoms with van der Waals surface area (Å²) in [4.78, 5) is 21.3. The lowest BCUT2D eigenvalue weighted by molar-refractivity contribution is -0.131. The minimum Gasteiger partial charge on any atom is -0.383 e. The first kappa shape index (κ1) is 13.8. The van der Waals surface area contributed by atoms with Crippen LogP contribution in [0.25, 0.3) is 0 Å². The zero-order chi connectivity index (χ0) is 11.7. The molecule has 0 heterocycles. The van der Waals surface area contributed by atoms with Crippen molar-refractivity contribution in [3.05, 3.63) is 0 Å². The highest BCUT2D eigenvalue weighted by Crippen LogP contribution is 1.90. The summed E-state index contributed by atoms with van der Waals surface area (Å²) in [6.07, 6.45) is -3.07. The molecule has 0 aromatic rings. The first-order valence-corrected chi connectivity index (χ1v) is 4.39. The molecule has 0 bridgehead atoms. The molecule has 0 aliphatic carbocycles. The van der Waals surface area contributed by atoms with Crippen LogP contribution in [0.5, 0.6) is 0 Å². The lowest BCUT2D eigenvalue weighted by Crippen LogP contribution is -2.34. The molecule has 0 aromatic carbocycles. The third-order valence-electron chi connectivity index (χ3n) is 1.48. The molecule has 0 saturated carbocycles. The van der Waals surface area contributed by atoms with Gasteiger partial charge in [-0.3, -0.25) is 9.59 Å². The average Bonchev–Trinajstić information content (AvgIpc) is 2.18. The number of methoxy groups -OCH3 is 1. The predicted octanol–water partition coefficient (Wildman–Crippen LogP) is -0.480. The second kappa shape index (κ2) is 8.10. The number of hydrogen-bond donors (Lipinski definition) is 2. The number of hydrogen-bond acceptors (Lipinski definition) is 3. The molecule has 0 aliphatic heterocycles. The Bertz CT molecular complexity index is 212. The number of halogens is 2. The van der Waals surface area contributed by atoms with Gasteiger partial charge in [0.15, 0.2) is 0 Å². The van der Waals surface area contributed by atoms with Gasteiger partial charge in [-0.2, -0.15) is 8.78 Å². The van der Waals surface area contributed by atoms with Crippen molar-refractivity contribution in [3.8, 4) is 0 Å². The van der Waals surface area contributed by atoms with Crippen molar-refractivity contribution < 1.29 is 23.1 Å². The topological polar surface area (TPSA) is 67.4 Å². The fourth-order valence-corrected chi connectivity index (χ4v) is 0.757. The summed E-state index contributed by atoms with van der Waals surface area (Å²) >= 11 is 0. The van der Waals surface area contributed by atoms with E-state index < -0.39 is 12.3 Å². The standard InChI is InChI=1S/C8H14F2N2O3/c1-15-5-4-11-6(13)2-3-12-8(14)7(9)10/h7H,2-5H2,1H3,(H,11,13)(H,12,14). The van der Waals surface area contributed by atoms with E-state index in [4.69, 9.17) is 0 Å². The summed E-state index contributed by atoms with van der Waals surface area (Å²) < 4.78 is 28.0. The Kier molecular flexibility index (Phi) is 7.43. The SMILES string of the molecule is COCCNC(=O)CCNC(=O)C(F)F. The molecule has 0 aliphatic rings. The van der Waals surface area contributed by atoms with E-state index in [1.54, 1.807) is 0 Å². The summed E-state index contributed by atoms with van der Waals surface area (Å²) in [7, 11) is 1.50. The molecule has 5 nitrogen and oxygen atoms in total. The molecule has 0 saturated heterocycles. The van der Waals surface area contributed by atoms with E-state index in [-0.39, 0.29) is 18.9 Å². The van der Waals surface area contributed by atoms with E-state index in [0.29, 0.717) is 13.2 Å². The number of carbonyl (C=O) groups excluding carboxylic acids is 2. The minimum atomic E-state index is -3.04. The largest absolute Gasteiger partial charge is 0.383 e. The van der Waals surface area contributed by atoms with E-state index in [1.165, 1.54) is 7.11 Å². The van der Waals surface area contributed by atoms with Crippen LogP contribution < -0.4 is 10.6 Å². The predicted molar refractivity (Wildman–Crippen MR) is 48.5 cm³/mol. The van der Waals surface area contributed by atoms with Crippen LogP contribution in [0.1, 0.15) is 6.42 Å². The first-order valence-electron chi connectivity index (χ1n) is 4.39. The van der Waals surface area contributed by atoms with Gasteiger partial charge in [0.2, 0.25) is 5.91 Å². The maximum atomic E-state index is 11.7. The molecule has 88 valence electrons. The highest BCUT2D eigenvalue weighted by Gasteiger charge is 2.14. The minimum absolute atomic E-state index is 0.0256. The van der Waals surface area contributed by atoms with Crippen LogP contribution in [0.2, 0.25) is 0 Å². The van der Waals surface area contributed by atoms with Crippen molar-refractivity contribution in [2.45, 2.75) is 12.8 Å². The quantitative estimate of drug-likeness (QED) is 0.574. The van der Waals surface area contributed by atoms with Gasteiger partial charge in [-0.05, 0) is 0 Å². The Balaban J connectivity index is 3.42. The van der Waals surface area contributed by atoms with Crippen LogP contribution in [0.15, 0.2) is 0 Å². The number of rotatable bonds is 7. The molecule has 7 heteroatoms. The second-order valence-corrected chi connectivity index (χ2v) is 2.68. The lowest BCUT2D eigenvalue weighted by atomic mass is 10.4. The van der Waals surface area contributed by atoms with Crippen LogP contribution >= 0.6 is 0 Å². The zero-order valence-corrected chi connectivity index (χ0v) is 8.39. The molecular weight excluding hydrogens is 210 g/mol. The average molecular weight is 224 g/mol. The fraction of sp³-hybridized carbons (Fsp3) is 0.750. The van der Waals surface area contributed by atoms with Gasteiger partial charge in [0.05, 0.1) is 6.61 Å². The van der Waals surface area contributed by atoms with Gasteiger partial charge in [-0.1, -0.05) is 0 Å². The Hall–Kier alpha value is -1.24. The Morgan fingerprint density at radius 1 is 1.27 bits per heavy atom. The number of nitrogens with one attached hydrogen (secondary N) is 2. The fourth-order valence-electron chi connectivity index (χ4n) is 0.757. The summed E-state index contributed by atoms with van der Waals surface area (Å²) in [5, 5.41) is 4.41. The summed E-state index contributed by atoms with van der Waals surface area (Å²) in [5.74, 6) is -1.68. The molecule has 0 radical (unpaired) electrons. The van der Waals surface area contributed by atoms with E-state index >= 15 is 0 Å².